The third kappa shape index (κ3) is 3.79. The molecule has 2 aromatic carbocycles. The first-order valence-corrected chi connectivity index (χ1v) is 8.24. The number of benzene rings is 2. The topological polar surface area (TPSA) is 59.6 Å². The Morgan fingerprint density at radius 3 is 2.46 bits per heavy atom. The van der Waals surface area contributed by atoms with Gasteiger partial charge >= 0.3 is 6.03 Å². The Bertz CT molecular complexity index is 752. The van der Waals surface area contributed by atoms with Crippen molar-refractivity contribution >= 4 is 27.6 Å². The van der Waals surface area contributed by atoms with Gasteiger partial charge in [-0.05, 0) is 40.5 Å². The number of hydrogen-bond donors (Lipinski definition) is 2. The van der Waals surface area contributed by atoms with Gasteiger partial charge in [-0.3, -0.25) is 0 Å². The first-order chi connectivity index (χ1) is 11.5. The SMILES string of the molecule is CC(NC(=O)Nc1cc2c(cc1Br)OCCO2)c1ccc(F)cc1. The molecule has 1 aliphatic heterocycles. The number of urea groups is 1. The largest absolute Gasteiger partial charge is 0.486 e. The third-order valence-electron chi connectivity index (χ3n) is 3.60. The molecule has 0 fully saturated rings. The maximum absolute atomic E-state index is 13.0. The Morgan fingerprint density at radius 2 is 1.79 bits per heavy atom. The molecule has 2 amide bonds. The van der Waals surface area contributed by atoms with Crippen LogP contribution in [-0.4, -0.2) is 19.2 Å². The highest BCUT2D eigenvalue weighted by molar-refractivity contribution is 9.10. The summed E-state index contributed by atoms with van der Waals surface area (Å²) < 4.78 is 24.6. The highest BCUT2D eigenvalue weighted by Gasteiger charge is 2.17. The number of ether oxygens (including phenoxy) is 2. The zero-order valence-corrected chi connectivity index (χ0v) is 14.5. The maximum atomic E-state index is 13.0. The van der Waals surface area contributed by atoms with Gasteiger partial charge in [0.2, 0.25) is 0 Å². The highest BCUT2D eigenvalue weighted by atomic mass is 79.9. The van der Waals surface area contributed by atoms with Crippen LogP contribution in [0, 0.1) is 5.82 Å². The van der Waals surface area contributed by atoms with E-state index in [-0.39, 0.29) is 17.9 Å². The first kappa shape index (κ1) is 16.6. The molecule has 1 atom stereocenters. The number of hydrogen-bond acceptors (Lipinski definition) is 3. The summed E-state index contributed by atoms with van der Waals surface area (Å²) in [5.41, 5.74) is 1.39. The molecule has 2 N–H and O–H groups in total. The summed E-state index contributed by atoms with van der Waals surface area (Å²) in [6, 6.07) is 8.84. The molecule has 1 aliphatic rings. The minimum absolute atomic E-state index is 0.262. The van der Waals surface area contributed by atoms with Crippen LogP contribution in [-0.2, 0) is 0 Å². The maximum Gasteiger partial charge on any atom is 0.319 e. The fraction of sp³-hybridized carbons (Fsp3) is 0.235. The zero-order chi connectivity index (χ0) is 17.1. The molecule has 0 radical (unpaired) electrons. The van der Waals surface area contributed by atoms with Crippen LogP contribution < -0.4 is 20.1 Å². The molecular formula is C17H16BrFN2O3. The van der Waals surface area contributed by atoms with E-state index in [1.54, 1.807) is 24.3 Å². The van der Waals surface area contributed by atoms with Crippen LogP contribution in [0.4, 0.5) is 14.9 Å². The zero-order valence-electron chi connectivity index (χ0n) is 12.9. The summed E-state index contributed by atoms with van der Waals surface area (Å²) in [7, 11) is 0. The van der Waals surface area contributed by atoms with Crippen molar-refractivity contribution in [1.29, 1.82) is 0 Å². The van der Waals surface area contributed by atoms with Crippen LogP contribution >= 0.6 is 15.9 Å². The summed E-state index contributed by atoms with van der Waals surface area (Å²) in [6.07, 6.45) is 0. The van der Waals surface area contributed by atoms with Gasteiger partial charge < -0.3 is 20.1 Å². The van der Waals surface area contributed by atoms with E-state index in [2.05, 4.69) is 26.6 Å². The molecule has 0 saturated carbocycles. The number of amides is 2. The van der Waals surface area contributed by atoms with Crippen molar-refractivity contribution in [3.05, 3.63) is 52.3 Å². The minimum atomic E-state index is -0.371. The van der Waals surface area contributed by atoms with Crippen LogP contribution in [0.2, 0.25) is 0 Å². The molecule has 1 unspecified atom stereocenters. The van der Waals surface area contributed by atoms with Crippen molar-refractivity contribution in [2.45, 2.75) is 13.0 Å². The highest BCUT2D eigenvalue weighted by Crippen LogP contribution is 2.38. The average Bonchev–Trinajstić information content (AvgIpc) is 2.56. The number of carbonyl (C=O) groups is 1. The fourth-order valence-corrected chi connectivity index (χ4v) is 2.77. The summed E-state index contributed by atoms with van der Waals surface area (Å²) in [4.78, 5) is 12.2. The van der Waals surface area contributed by atoms with Gasteiger partial charge in [-0.25, -0.2) is 9.18 Å². The van der Waals surface area contributed by atoms with Crippen LogP contribution in [0.5, 0.6) is 11.5 Å². The normalized spacial score (nSPS) is 14.0. The van der Waals surface area contributed by atoms with Gasteiger partial charge in [0, 0.05) is 16.6 Å². The quantitative estimate of drug-likeness (QED) is 0.818. The van der Waals surface area contributed by atoms with Gasteiger partial charge in [-0.1, -0.05) is 12.1 Å². The van der Waals surface area contributed by atoms with Crippen LogP contribution in [0.15, 0.2) is 40.9 Å². The van der Waals surface area contributed by atoms with Crippen molar-refractivity contribution in [2.75, 3.05) is 18.5 Å². The predicted octanol–water partition coefficient (Wildman–Crippen LogP) is 4.24. The molecule has 1 heterocycles. The molecule has 126 valence electrons. The third-order valence-corrected chi connectivity index (χ3v) is 4.25. The number of nitrogens with one attached hydrogen (secondary N) is 2. The van der Waals surface area contributed by atoms with Gasteiger partial charge in [0.15, 0.2) is 11.5 Å². The minimum Gasteiger partial charge on any atom is -0.486 e. The van der Waals surface area contributed by atoms with Crippen LogP contribution in [0.1, 0.15) is 18.5 Å². The summed E-state index contributed by atoms with van der Waals surface area (Å²) in [5.74, 6) is 0.917. The van der Waals surface area contributed by atoms with Crippen molar-refractivity contribution in [1.82, 2.24) is 5.32 Å². The lowest BCUT2D eigenvalue weighted by atomic mass is 10.1. The van der Waals surface area contributed by atoms with Crippen LogP contribution in [0.25, 0.3) is 0 Å². The molecule has 3 rings (SSSR count). The van der Waals surface area contributed by atoms with E-state index in [0.717, 1.165) is 5.56 Å². The van der Waals surface area contributed by atoms with Gasteiger partial charge in [0.25, 0.3) is 0 Å². The van der Waals surface area contributed by atoms with Crippen LogP contribution in [0.3, 0.4) is 0 Å². The summed E-state index contributed by atoms with van der Waals surface area (Å²) in [5, 5.41) is 5.57. The van der Waals surface area contributed by atoms with Crippen molar-refractivity contribution in [2.24, 2.45) is 0 Å². The Hall–Kier alpha value is -2.28. The number of halogens is 2. The molecule has 0 bridgehead atoms. The summed E-state index contributed by atoms with van der Waals surface area (Å²) in [6.45, 7) is 2.80. The average molecular weight is 395 g/mol. The molecular weight excluding hydrogens is 379 g/mol. The fourth-order valence-electron chi connectivity index (χ4n) is 2.35. The lowest BCUT2D eigenvalue weighted by molar-refractivity contribution is 0.171. The number of rotatable bonds is 3. The van der Waals surface area contributed by atoms with E-state index in [1.165, 1.54) is 12.1 Å². The van der Waals surface area contributed by atoms with Gasteiger partial charge in [-0.15, -0.1) is 0 Å². The predicted molar refractivity (Wildman–Crippen MR) is 92.1 cm³/mol. The van der Waals surface area contributed by atoms with E-state index < -0.39 is 0 Å². The van der Waals surface area contributed by atoms with Gasteiger partial charge in [-0.2, -0.15) is 0 Å². The van der Waals surface area contributed by atoms with Crippen molar-refractivity contribution < 1.29 is 18.7 Å². The monoisotopic (exact) mass is 394 g/mol. The number of anilines is 1. The molecule has 5 nitrogen and oxygen atoms in total. The molecule has 0 spiro atoms. The Morgan fingerprint density at radius 1 is 1.17 bits per heavy atom. The Labute approximate surface area is 147 Å². The first-order valence-electron chi connectivity index (χ1n) is 7.45. The Balaban J connectivity index is 1.67. The second kappa shape index (κ2) is 7.09. The second-order valence-electron chi connectivity index (χ2n) is 5.35. The number of fused-ring (bicyclic) bond motifs is 1. The lowest BCUT2D eigenvalue weighted by Gasteiger charge is -2.20. The van der Waals surface area contributed by atoms with E-state index >= 15 is 0 Å². The molecule has 0 aromatic heterocycles. The van der Waals surface area contributed by atoms with E-state index in [0.29, 0.717) is 34.9 Å². The Kier molecular flexibility index (Phi) is 4.89. The number of carbonyl (C=O) groups excluding carboxylic acids is 1. The molecule has 2 aromatic rings. The molecule has 0 saturated heterocycles. The molecule has 0 aliphatic carbocycles. The lowest BCUT2D eigenvalue weighted by Crippen LogP contribution is -2.31. The molecule has 24 heavy (non-hydrogen) atoms. The molecule has 7 heteroatoms. The van der Waals surface area contributed by atoms with Crippen molar-refractivity contribution in [3.8, 4) is 11.5 Å². The summed E-state index contributed by atoms with van der Waals surface area (Å²) >= 11 is 3.40. The van der Waals surface area contributed by atoms with Gasteiger partial charge in [0.1, 0.15) is 19.0 Å². The van der Waals surface area contributed by atoms with Crippen molar-refractivity contribution in [3.63, 3.8) is 0 Å². The van der Waals surface area contributed by atoms with Gasteiger partial charge in [0.05, 0.1) is 11.7 Å². The standard InChI is InChI=1S/C17H16BrFN2O3/c1-10(11-2-4-12(19)5-3-11)20-17(22)21-14-9-16-15(8-13(14)18)23-6-7-24-16/h2-5,8-10H,6-7H2,1H3,(H2,20,21,22). The van der Waals surface area contributed by atoms with E-state index in [9.17, 15) is 9.18 Å². The second-order valence-corrected chi connectivity index (χ2v) is 6.20. The van der Waals surface area contributed by atoms with E-state index in [1.807, 2.05) is 6.92 Å². The smallest absolute Gasteiger partial charge is 0.319 e. The van der Waals surface area contributed by atoms with E-state index in [4.69, 9.17) is 9.47 Å².